The van der Waals surface area contributed by atoms with Crippen LogP contribution in [-0.2, 0) is 10.0 Å². The molecule has 0 bridgehead atoms. The van der Waals surface area contributed by atoms with Crippen molar-refractivity contribution in [1.82, 2.24) is 14.8 Å². The molecule has 110 valence electrons. The summed E-state index contributed by atoms with van der Waals surface area (Å²) in [5.74, 6) is 5.55. The van der Waals surface area contributed by atoms with E-state index in [1.165, 1.54) is 6.07 Å². The van der Waals surface area contributed by atoms with Crippen molar-refractivity contribution < 1.29 is 13.5 Å². The Labute approximate surface area is 126 Å². The lowest BCUT2D eigenvalue weighted by atomic mass is 10.1. The Bertz CT molecular complexity index is 777. The number of hydrogen-bond acceptors (Lipinski definition) is 7. The van der Waals surface area contributed by atoms with Crippen LogP contribution in [0.5, 0.6) is 0 Å². The largest absolute Gasteiger partial charge is 0.395 e. The molecule has 0 spiro atoms. The number of rotatable bonds is 4. The molecule has 2 rings (SSSR count). The van der Waals surface area contributed by atoms with E-state index in [1.54, 1.807) is 19.1 Å². The zero-order chi connectivity index (χ0) is 15.3. The van der Waals surface area contributed by atoms with Crippen LogP contribution >= 0.6 is 11.5 Å². The topological polar surface area (TPSA) is 105 Å². The molecule has 1 heterocycles. The molecule has 0 fully saturated rings. The second-order valence-corrected chi connectivity index (χ2v) is 6.41. The maximum Gasteiger partial charge on any atom is 0.264 e. The van der Waals surface area contributed by atoms with Crippen molar-refractivity contribution >= 4 is 26.7 Å². The van der Waals surface area contributed by atoms with E-state index in [4.69, 9.17) is 5.11 Å². The zero-order valence-corrected chi connectivity index (χ0v) is 12.7. The average molecular weight is 324 g/mol. The van der Waals surface area contributed by atoms with Crippen molar-refractivity contribution in [2.45, 2.75) is 18.2 Å². The lowest BCUT2D eigenvalue weighted by Gasteiger charge is -2.08. The molecule has 0 unspecified atom stereocenters. The number of aromatic nitrogens is 3. The fourth-order valence-corrected chi connectivity index (χ4v) is 3.39. The standard InChI is InChI=1S/C12H12N4O3S2/c1-9-5-6-10(4-2-3-7-17)8-11(9)21(18,19)14-12-13-15-16-20-12/h5-6,8,17H,3,7H2,1H3,(H,13,14,16). The first-order valence-electron chi connectivity index (χ1n) is 5.91. The first kappa shape index (κ1) is 15.4. The SMILES string of the molecule is Cc1ccc(C#CCCO)cc1S(=O)(=O)Nc1nnns1. The molecule has 0 aliphatic heterocycles. The minimum Gasteiger partial charge on any atom is -0.395 e. The average Bonchev–Trinajstić information content (AvgIpc) is 2.93. The van der Waals surface area contributed by atoms with E-state index in [9.17, 15) is 8.42 Å². The van der Waals surface area contributed by atoms with Gasteiger partial charge in [0.2, 0.25) is 5.13 Å². The molecule has 0 saturated carbocycles. The van der Waals surface area contributed by atoms with Gasteiger partial charge in [-0.2, -0.15) is 0 Å². The zero-order valence-electron chi connectivity index (χ0n) is 11.1. The molecular formula is C12H12N4O3S2. The summed E-state index contributed by atoms with van der Waals surface area (Å²) in [7, 11) is -3.77. The molecule has 2 N–H and O–H groups in total. The van der Waals surface area contributed by atoms with Gasteiger partial charge < -0.3 is 5.11 Å². The van der Waals surface area contributed by atoms with Gasteiger partial charge in [-0.3, -0.25) is 4.72 Å². The van der Waals surface area contributed by atoms with Gasteiger partial charge in [-0.05, 0) is 29.8 Å². The molecule has 9 heteroatoms. The minimum atomic E-state index is -3.77. The summed E-state index contributed by atoms with van der Waals surface area (Å²) in [6.07, 6.45) is 0.338. The Morgan fingerprint density at radius 3 is 2.90 bits per heavy atom. The van der Waals surface area contributed by atoms with Crippen LogP contribution < -0.4 is 4.72 Å². The number of anilines is 1. The smallest absolute Gasteiger partial charge is 0.264 e. The summed E-state index contributed by atoms with van der Waals surface area (Å²) in [6, 6.07) is 4.89. The second kappa shape index (κ2) is 6.62. The maximum atomic E-state index is 12.3. The summed E-state index contributed by atoms with van der Waals surface area (Å²) in [5.41, 5.74) is 1.15. The first-order valence-corrected chi connectivity index (χ1v) is 8.17. The van der Waals surface area contributed by atoms with Crippen LogP contribution in [0.1, 0.15) is 17.5 Å². The van der Waals surface area contributed by atoms with Crippen LogP contribution in [0, 0.1) is 18.8 Å². The fraction of sp³-hybridized carbons (Fsp3) is 0.250. The summed E-state index contributed by atoms with van der Waals surface area (Å²) < 4.78 is 30.4. The second-order valence-electron chi connectivity index (χ2n) is 4.03. The molecule has 0 radical (unpaired) electrons. The Kier molecular flexibility index (Phi) is 4.85. The van der Waals surface area contributed by atoms with E-state index in [-0.39, 0.29) is 16.6 Å². The van der Waals surface area contributed by atoms with E-state index in [0.29, 0.717) is 17.5 Å². The third-order valence-electron chi connectivity index (χ3n) is 2.47. The number of nitrogens with zero attached hydrogens (tertiary/aromatic N) is 3. The predicted molar refractivity (Wildman–Crippen MR) is 78.3 cm³/mol. The molecule has 1 aromatic heterocycles. The van der Waals surface area contributed by atoms with Gasteiger partial charge in [0, 0.05) is 23.5 Å². The fourth-order valence-electron chi connectivity index (χ4n) is 1.53. The highest BCUT2D eigenvalue weighted by molar-refractivity contribution is 7.93. The van der Waals surface area contributed by atoms with Gasteiger partial charge in [0.05, 0.1) is 11.5 Å². The quantitative estimate of drug-likeness (QED) is 0.805. The summed E-state index contributed by atoms with van der Waals surface area (Å²) >= 11 is 0.853. The molecule has 21 heavy (non-hydrogen) atoms. The van der Waals surface area contributed by atoms with Crippen LogP contribution in [0.3, 0.4) is 0 Å². The van der Waals surface area contributed by atoms with Gasteiger partial charge in [-0.15, -0.1) is 0 Å². The molecule has 0 aliphatic rings. The van der Waals surface area contributed by atoms with Crippen LogP contribution in [0.15, 0.2) is 23.1 Å². The van der Waals surface area contributed by atoms with Crippen LogP contribution in [-0.4, -0.2) is 34.9 Å². The number of nitrogens with one attached hydrogen (secondary N) is 1. The number of aliphatic hydroxyl groups excluding tert-OH is 1. The Balaban J connectivity index is 2.34. The molecule has 0 amide bonds. The highest BCUT2D eigenvalue weighted by Gasteiger charge is 2.19. The molecular weight excluding hydrogens is 312 g/mol. The number of sulfonamides is 1. The molecule has 0 atom stereocenters. The highest BCUT2D eigenvalue weighted by atomic mass is 32.2. The summed E-state index contributed by atoms with van der Waals surface area (Å²) in [6.45, 7) is 1.66. The third kappa shape index (κ3) is 3.98. The van der Waals surface area contributed by atoms with Crippen molar-refractivity contribution in [1.29, 1.82) is 0 Å². The molecule has 7 nitrogen and oxygen atoms in total. The van der Waals surface area contributed by atoms with Crippen LogP contribution in [0.4, 0.5) is 5.13 Å². The molecule has 0 saturated heterocycles. The van der Waals surface area contributed by atoms with Gasteiger partial charge >= 0.3 is 0 Å². The van der Waals surface area contributed by atoms with E-state index in [1.807, 2.05) is 0 Å². The van der Waals surface area contributed by atoms with E-state index >= 15 is 0 Å². The molecule has 2 aromatic rings. The van der Waals surface area contributed by atoms with Gasteiger partial charge in [0.25, 0.3) is 10.0 Å². The minimum absolute atomic E-state index is 0.0321. The predicted octanol–water partition coefficient (Wildman–Crippen LogP) is 0.776. The monoisotopic (exact) mass is 324 g/mol. The van der Waals surface area contributed by atoms with Gasteiger partial charge in [-0.1, -0.05) is 27.5 Å². The van der Waals surface area contributed by atoms with Gasteiger partial charge in [0.1, 0.15) is 0 Å². The van der Waals surface area contributed by atoms with Crippen molar-refractivity contribution in [3.05, 3.63) is 29.3 Å². The van der Waals surface area contributed by atoms with Gasteiger partial charge in [-0.25, -0.2) is 8.42 Å². The number of aliphatic hydroxyl groups is 1. The maximum absolute atomic E-state index is 12.3. The van der Waals surface area contributed by atoms with E-state index in [2.05, 4.69) is 31.4 Å². The number of hydrogen-bond donors (Lipinski definition) is 2. The van der Waals surface area contributed by atoms with E-state index < -0.39 is 10.0 Å². The summed E-state index contributed by atoms with van der Waals surface area (Å²) in [4.78, 5) is 0.119. The highest BCUT2D eigenvalue weighted by Crippen LogP contribution is 2.20. The van der Waals surface area contributed by atoms with Crippen LogP contribution in [0.25, 0.3) is 0 Å². The van der Waals surface area contributed by atoms with Crippen molar-refractivity contribution in [2.75, 3.05) is 11.3 Å². The number of benzene rings is 1. The summed E-state index contributed by atoms with van der Waals surface area (Å²) in [5, 5.41) is 15.7. The molecule has 0 aliphatic carbocycles. The normalized spacial score (nSPS) is 10.8. The van der Waals surface area contributed by atoms with E-state index in [0.717, 1.165) is 11.5 Å². The Hall–Kier alpha value is -2.02. The van der Waals surface area contributed by atoms with Gasteiger partial charge in [0.15, 0.2) is 0 Å². The van der Waals surface area contributed by atoms with Crippen molar-refractivity contribution in [2.24, 2.45) is 0 Å². The Morgan fingerprint density at radius 1 is 1.43 bits per heavy atom. The molecule has 1 aromatic carbocycles. The van der Waals surface area contributed by atoms with Crippen LogP contribution in [0.2, 0.25) is 0 Å². The Morgan fingerprint density at radius 2 is 2.24 bits per heavy atom. The van der Waals surface area contributed by atoms with Crippen molar-refractivity contribution in [3.63, 3.8) is 0 Å². The first-order chi connectivity index (χ1) is 10.0. The number of aryl methyl sites for hydroxylation is 1. The lowest BCUT2D eigenvalue weighted by Crippen LogP contribution is -2.14. The lowest BCUT2D eigenvalue weighted by molar-refractivity contribution is 0.305. The third-order valence-corrected chi connectivity index (χ3v) is 4.59. The van der Waals surface area contributed by atoms with Crippen molar-refractivity contribution in [3.8, 4) is 11.8 Å².